The third-order valence-corrected chi connectivity index (χ3v) is 10.6. The summed E-state index contributed by atoms with van der Waals surface area (Å²) in [5.74, 6) is -0.996. The highest BCUT2D eigenvalue weighted by molar-refractivity contribution is 7.47. The Morgan fingerprint density at radius 1 is 0.508 bits per heavy atom. The van der Waals surface area contributed by atoms with Crippen LogP contribution in [0.25, 0.3) is 0 Å². The summed E-state index contributed by atoms with van der Waals surface area (Å²) in [6, 6.07) is 0. The fourth-order valence-electron chi connectivity index (χ4n) is 6.04. The minimum Gasteiger partial charge on any atom is -0.462 e. The highest BCUT2D eigenvalue weighted by Crippen LogP contribution is 2.43. The molecular formula is C48H85O10P. The van der Waals surface area contributed by atoms with Crippen molar-refractivity contribution in [3.05, 3.63) is 60.8 Å². The van der Waals surface area contributed by atoms with Gasteiger partial charge in [0.05, 0.1) is 19.8 Å². The number of esters is 2. The predicted octanol–water partition coefficient (Wildman–Crippen LogP) is 12.7. The second-order valence-electron chi connectivity index (χ2n) is 15.4. The zero-order chi connectivity index (χ0) is 43.3. The predicted molar refractivity (Wildman–Crippen MR) is 242 cm³/mol. The molecule has 342 valence electrons. The molecule has 0 aliphatic carbocycles. The molecule has 3 N–H and O–H groups in total. The second-order valence-corrected chi connectivity index (χ2v) is 16.9. The van der Waals surface area contributed by atoms with Crippen LogP contribution in [0.3, 0.4) is 0 Å². The average molecular weight is 853 g/mol. The summed E-state index contributed by atoms with van der Waals surface area (Å²) in [4.78, 5) is 35.0. The van der Waals surface area contributed by atoms with E-state index in [1.54, 1.807) is 0 Å². The number of ether oxygens (including phenoxy) is 2. The quantitative estimate of drug-likeness (QED) is 0.0234. The first kappa shape index (κ1) is 56.7. The molecule has 0 saturated carbocycles. The van der Waals surface area contributed by atoms with Gasteiger partial charge >= 0.3 is 19.8 Å². The first-order valence-corrected chi connectivity index (χ1v) is 24.7. The van der Waals surface area contributed by atoms with Gasteiger partial charge in [0.25, 0.3) is 0 Å². The highest BCUT2D eigenvalue weighted by atomic mass is 31.2. The first-order valence-electron chi connectivity index (χ1n) is 23.2. The van der Waals surface area contributed by atoms with Gasteiger partial charge in [-0.2, -0.15) is 0 Å². The van der Waals surface area contributed by atoms with Crippen molar-refractivity contribution in [2.75, 3.05) is 26.4 Å². The number of phosphoric acid groups is 1. The van der Waals surface area contributed by atoms with Crippen LogP contribution in [0.1, 0.15) is 194 Å². The summed E-state index contributed by atoms with van der Waals surface area (Å²) < 4.78 is 32.7. The normalized spacial score (nSPS) is 14.3. The fraction of sp³-hybridized carbons (Fsp3) is 0.750. The van der Waals surface area contributed by atoms with Gasteiger partial charge in [0, 0.05) is 12.8 Å². The summed E-state index contributed by atoms with van der Waals surface area (Å²) in [6.45, 7) is 2.29. The maximum Gasteiger partial charge on any atom is 0.472 e. The van der Waals surface area contributed by atoms with Crippen LogP contribution < -0.4 is 0 Å². The monoisotopic (exact) mass is 853 g/mol. The molecule has 11 heteroatoms. The van der Waals surface area contributed by atoms with Crippen molar-refractivity contribution in [3.63, 3.8) is 0 Å². The number of hydrogen-bond donors (Lipinski definition) is 3. The number of aliphatic hydroxyl groups is 2. The van der Waals surface area contributed by atoms with Crippen molar-refractivity contribution < 1.29 is 47.8 Å². The van der Waals surface area contributed by atoms with E-state index < -0.39 is 51.8 Å². The lowest BCUT2D eigenvalue weighted by atomic mass is 10.1. The van der Waals surface area contributed by atoms with Gasteiger partial charge in [0.15, 0.2) is 6.10 Å². The highest BCUT2D eigenvalue weighted by Gasteiger charge is 2.27. The molecule has 0 amide bonds. The Morgan fingerprint density at radius 3 is 1.42 bits per heavy atom. The third kappa shape index (κ3) is 43.6. The number of rotatable bonds is 43. The third-order valence-electron chi connectivity index (χ3n) is 9.64. The summed E-state index contributed by atoms with van der Waals surface area (Å²) in [5, 5.41) is 18.4. The molecule has 0 bridgehead atoms. The van der Waals surface area contributed by atoms with Crippen LogP contribution in [0.5, 0.6) is 0 Å². The van der Waals surface area contributed by atoms with Gasteiger partial charge in [-0.15, -0.1) is 0 Å². The molecular weight excluding hydrogens is 767 g/mol. The largest absolute Gasteiger partial charge is 0.472 e. The molecule has 10 nitrogen and oxygen atoms in total. The summed E-state index contributed by atoms with van der Waals surface area (Å²) in [5.41, 5.74) is 0. The molecule has 0 radical (unpaired) electrons. The Labute approximate surface area is 359 Å². The van der Waals surface area contributed by atoms with E-state index in [1.807, 2.05) is 12.2 Å². The van der Waals surface area contributed by atoms with Gasteiger partial charge in [-0.1, -0.05) is 164 Å². The second kappa shape index (κ2) is 43.7. The number of unbranched alkanes of at least 4 members (excludes halogenated alkanes) is 19. The average Bonchev–Trinajstić information content (AvgIpc) is 3.22. The van der Waals surface area contributed by atoms with Gasteiger partial charge in [-0.3, -0.25) is 18.6 Å². The molecule has 59 heavy (non-hydrogen) atoms. The Balaban J connectivity index is 4.34. The molecule has 0 saturated heterocycles. The van der Waals surface area contributed by atoms with Crippen LogP contribution in [0.4, 0.5) is 0 Å². The number of carbonyl (C=O) groups excluding carboxylic acids is 2. The molecule has 0 fully saturated rings. The number of hydrogen-bond acceptors (Lipinski definition) is 9. The van der Waals surface area contributed by atoms with E-state index in [2.05, 4.69) is 67.0 Å². The standard InChI is InChI=1S/C48H85O10P/c1-3-5-7-9-11-13-15-17-19-21-22-24-25-27-29-31-33-35-37-39-47(51)55-43-46(44-57-59(53,54)56-42-45(50)41-49)58-48(52)40-38-36-34-32-30-28-26-23-20-18-16-14-12-10-8-6-4-2/h12,14,18,20-22,26,28,32,34,45-46,49-50H,3-11,13,15-17,19,23-25,27,29-31,33,35-44H2,1-2H3,(H,53,54)/b14-12-,20-18-,22-21-,28-26-,34-32-/t45-,46+/m0/s1. The Morgan fingerprint density at radius 2 is 0.898 bits per heavy atom. The molecule has 0 aromatic rings. The zero-order valence-corrected chi connectivity index (χ0v) is 38.1. The molecule has 0 aliphatic rings. The van der Waals surface area contributed by atoms with Crippen LogP contribution in [-0.2, 0) is 32.7 Å². The van der Waals surface area contributed by atoms with Crippen molar-refractivity contribution in [2.24, 2.45) is 0 Å². The minimum absolute atomic E-state index is 0.106. The number of aliphatic hydroxyl groups excluding tert-OH is 2. The van der Waals surface area contributed by atoms with Crippen molar-refractivity contribution in [1.29, 1.82) is 0 Å². The molecule has 0 aromatic heterocycles. The number of allylic oxidation sites excluding steroid dienone is 10. The van der Waals surface area contributed by atoms with E-state index in [4.69, 9.17) is 19.1 Å². The van der Waals surface area contributed by atoms with E-state index in [0.717, 1.165) is 51.4 Å². The van der Waals surface area contributed by atoms with Gasteiger partial charge in [-0.25, -0.2) is 4.57 Å². The van der Waals surface area contributed by atoms with Crippen molar-refractivity contribution in [2.45, 2.75) is 206 Å². The van der Waals surface area contributed by atoms with Crippen LogP contribution in [0.2, 0.25) is 0 Å². The molecule has 0 spiro atoms. The van der Waals surface area contributed by atoms with Gasteiger partial charge in [0.1, 0.15) is 12.7 Å². The smallest absolute Gasteiger partial charge is 0.462 e. The van der Waals surface area contributed by atoms with Crippen LogP contribution in [-0.4, -0.2) is 65.7 Å². The van der Waals surface area contributed by atoms with E-state index in [-0.39, 0.29) is 19.4 Å². The first-order chi connectivity index (χ1) is 28.7. The van der Waals surface area contributed by atoms with Gasteiger partial charge in [0.2, 0.25) is 0 Å². The summed E-state index contributed by atoms with van der Waals surface area (Å²) in [7, 11) is -4.64. The molecule has 3 atom stereocenters. The summed E-state index contributed by atoms with van der Waals surface area (Å²) >= 11 is 0. The Hall–Kier alpha value is -2.33. The lowest BCUT2D eigenvalue weighted by Crippen LogP contribution is -2.29. The SMILES string of the molecule is CCCCC/C=C\C/C=C\C/C=C\C/C=C\CCCC(=O)O[C@H](COC(=O)CCCCCCCCC/C=C\CCCCCCCCCC)COP(=O)(O)OC[C@@H](O)CO. The van der Waals surface area contributed by atoms with E-state index >= 15 is 0 Å². The maximum absolute atomic E-state index is 12.6. The minimum atomic E-state index is -4.64. The lowest BCUT2D eigenvalue weighted by Gasteiger charge is -2.20. The van der Waals surface area contributed by atoms with Crippen LogP contribution >= 0.6 is 7.82 Å². The molecule has 0 heterocycles. The zero-order valence-electron chi connectivity index (χ0n) is 37.2. The van der Waals surface area contributed by atoms with Crippen molar-refractivity contribution in [3.8, 4) is 0 Å². The lowest BCUT2D eigenvalue weighted by molar-refractivity contribution is -0.161. The van der Waals surface area contributed by atoms with E-state index in [1.165, 1.54) is 96.3 Å². The summed E-state index contributed by atoms with van der Waals surface area (Å²) in [6.07, 6.45) is 49.1. The van der Waals surface area contributed by atoms with Gasteiger partial charge in [-0.05, 0) is 77.0 Å². The van der Waals surface area contributed by atoms with Crippen molar-refractivity contribution in [1.82, 2.24) is 0 Å². The Bertz CT molecular complexity index is 1160. The topological polar surface area (TPSA) is 149 Å². The number of carbonyl (C=O) groups is 2. The van der Waals surface area contributed by atoms with Crippen LogP contribution in [0.15, 0.2) is 60.8 Å². The molecule has 1 unspecified atom stereocenters. The van der Waals surface area contributed by atoms with Crippen LogP contribution in [0, 0.1) is 0 Å². The van der Waals surface area contributed by atoms with E-state index in [9.17, 15) is 24.2 Å². The van der Waals surface area contributed by atoms with Crippen molar-refractivity contribution >= 4 is 19.8 Å². The Kier molecular flexibility index (Phi) is 42.0. The number of phosphoric ester groups is 1. The molecule has 0 aliphatic heterocycles. The van der Waals surface area contributed by atoms with Gasteiger partial charge < -0.3 is 24.6 Å². The van der Waals surface area contributed by atoms with E-state index in [0.29, 0.717) is 19.3 Å². The fourth-order valence-corrected chi connectivity index (χ4v) is 6.83. The molecule has 0 aromatic carbocycles. The molecule has 0 rings (SSSR count). The maximum atomic E-state index is 12.6.